The molecule has 4 heterocycles. The summed E-state index contributed by atoms with van der Waals surface area (Å²) in [7, 11) is 0. The zero-order chi connectivity index (χ0) is 15.8. The molecule has 3 N–H and O–H groups in total. The molecule has 0 aliphatic heterocycles. The second kappa shape index (κ2) is 5.21. The first-order valence-electron chi connectivity index (χ1n) is 7.34. The number of pyridine rings is 3. The molecular weight excluding hydrogens is 286 g/mol. The minimum atomic E-state index is 0.637. The van der Waals surface area contributed by atoms with Gasteiger partial charge in [0, 0.05) is 35.2 Å². The fraction of sp³-hybridized carbons (Fsp3) is 0.0556. The smallest absolute Gasteiger partial charge is 0.138 e. The van der Waals surface area contributed by atoms with Gasteiger partial charge >= 0.3 is 0 Å². The van der Waals surface area contributed by atoms with Gasteiger partial charge < -0.3 is 10.7 Å². The first-order valence-corrected chi connectivity index (χ1v) is 7.34. The number of nitrogen functional groups attached to an aromatic ring is 1. The van der Waals surface area contributed by atoms with E-state index in [0.717, 1.165) is 39.2 Å². The number of hydrogen-bond acceptors (Lipinski definition) is 4. The topological polar surface area (TPSA) is 80.5 Å². The van der Waals surface area contributed by atoms with E-state index in [1.54, 1.807) is 6.20 Å². The maximum atomic E-state index is 5.89. The molecule has 4 aromatic heterocycles. The number of aromatic amines is 1. The van der Waals surface area contributed by atoms with Gasteiger partial charge in [-0.3, -0.25) is 9.97 Å². The summed E-state index contributed by atoms with van der Waals surface area (Å²) >= 11 is 0. The number of nitrogens with zero attached hydrogens (tertiary/aromatic N) is 3. The quantitative estimate of drug-likeness (QED) is 0.593. The van der Waals surface area contributed by atoms with Crippen LogP contribution in [0.15, 0.2) is 55.0 Å². The van der Waals surface area contributed by atoms with Crippen LogP contribution in [0.3, 0.4) is 0 Å². The Bertz CT molecular complexity index is 1000. The lowest BCUT2D eigenvalue weighted by Gasteiger charge is -2.08. The van der Waals surface area contributed by atoms with Gasteiger partial charge in [0.15, 0.2) is 0 Å². The Hall–Kier alpha value is -3.21. The Morgan fingerprint density at radius 1 is 1.00 bits per heavy atom. The second-order valence-corrected chi connectivity index (χ2v) is 5.47. The van der Waals surface area contributed by atoms with Gasteiger partial charge in [-0.2, -0.15) is 0 Å². The first kappa shape index (κ1) is 13.5. The normalized spacial score (nSPS) is 11.0. The summed E-state index contributed by atoms with van der Waals surface area (Å²) in [5.74, 6) is 0. The van der Waals surface area contributed by atoms with Crippen molar-refractivity contribution in [3.05, 3.63) is 60.7 Å². The van der Waals surface area contributed by atoms with Crippen molar-refractivity contribution in [2.45, 2.75) is 6.92 Å². The molecule has 112 valence electrons. The lowest BCUT2D eigenvalue weighted by molar-refractivity contribution is 1.18. The third kappa shape index (κ3) is 2.42. The van der Waals surface area contributed by atoms with Crippen molar-refractivity contribution in [3.8, 4) is 22.5 Å². The molecule has 0 atom stereocenters. The lowest BCUT2D eigenvalue weighted by Crippen LogP contribution is -1.93. The number of aromatic nitrogens is 4. The van der Waals surface area contributed by atoms with Crippen LogP contribution in [0.25, 0.3) is 33.5 Å². The molecule has 0 saturated carbocycles. The van der Waals surface area contributed by atoms with Gasteiger partial charge in [-0.1, -0.05) is 6.07 Å². The molecule has 0 bridgehead atoms. The second-order valence-electron chi connectivity index (χ2n) is 5.47. The lowest BCUT2D eigenvalue weighted by atomic mass is 10.0. The highest BCUT2D eigenvalue weighted by Gasteiger charge is 2.11. The van der Waals surface area contributed by atoms with Crippen LogP contribution < -0.4 is 5.73 Å². The van der Waals surface area contributed by atoms with Crippen LogP contribution in [0.4, 0.5) is 5.69 Å². The van der Waals surface area contributed by atoms with Crippen molar-refractivity contribution < 1.29 is 0 Å². The van der Waals surface area contributed by atoms with Crippen molar-refractivity contribution in [1.29, 1.82) is 0 Å². The number of H-pyrrole nitrogens is 1. The minimum Gasteiger partial charge on any atom is -0.397 e. The molecule has 0 unspecified atom stereocenters. The van der Waals surface area contributed by atoms with Crippen molar-refractivity contribution in [2.24, 2.45) is 0 Å². The zero-order valence-electron chi connectivity index (χ0n) is 12.6. The van der Waals surface area contributed by atoms with Crippen LogP contribution >= 0.6 is 0 Å². The Kier molecular flexibility index (Phi) is 3.05. The molecule has 0 aromatic carbocycles. The molecule has 23 heavy (non-hydrogen) atoms. The SMILES string of the molecule is Cc1cccc(-c2cc(-c3cncc(N)c3)c3cc[nH]c3n2)n1. The first-order chi connectivity index (χ1) is 11.2. The molecular formula is C18H15N5. The summed E-state index contributed by atoms with van der Waals surface area (Å²) < 4.78 is 0. The van der Waals surface area contributed by atoms with Crippen LogP contribution in [0, 0.1) is 6.92 Å². The summed E-state index contributed by atoms with van der Waals surface area (Å²) in [5, 5.41) is 1.04. The molecule has 0 radical (unpaired) electrons. The van der Waals surface area contributed by atoms with Gasteiger partial charge in [0.1, 0.15) is 5.65 Å². The molecule has 0 amide bonds. The highest BCUT2D eigenvalue weighted by molar-refractivity contribution is 5.95. The molecule has 0 aliphatic rings. The van der Waals surface area contributed by atoms with Crippen LogP contribution in [0.1, 0.15) is 5.69 Å². The number of nitrogens with two attached hydrogens (primary N) is 1. The molecule has 4 rings (SSSR count). The van der Waals surface area contributed by atoms with E-state index in [2.05, 4.69) is 19.9 Å². The van der Waals surface area contributed by atoms with E-state index in [1.807, 2.05) is 55.7 Å². The molecule has 5 nitrogen and oxygen atoms in total. The predicted molar refractivity (Wildman–Crippen MR) is 91.7 cm³/mol. The molecule has 0 spiro atoms. The molecule has 0 aliphatic carbocycles. The highest BCUT2D eigenvalue weighted by Crippen LogP contribution is 2.31. The van der Waals surface area contributed by atoms with E-state index >= 15 is 0 Å². The van der Waals surface area contributed by atoms with Crippen molar-refractivity contribution in [1.82, 2.24) is 19.9 Å². The van der Waals surface area contributed by atoms with Crippen LogP contribution in [-0.2, 0) is 0 Å². The maximum Gasteiger partial charge on any atom is 0.138 e. The molecule has 0 fully saturated rings. The maximum absolute atomic E-state index is 5.89. The third-order valence-corrected chi connectivity index (χ3v) is 3.75. The zero-order valence-corrected chi connectivity index (χ0v) is 12.6. The molecule has 4 aromatic rings. The third-order valence-electron chi connectivity index (χ3n) is 3.75. The van der Waals surface area contributed by atoms with Gasteiger partial charge in [-0.25, -0.2) is 4.98 Å². The van der Waals surface area contributed by atoms with E-state index in [0.29, 0.717) is 5.69 Å². The Morgan fingerprint density at radius 2 is 1.91 bits per heavy atom. The van der Waals surface area contributed by atoms with Gasteiger partial charge in [0.05, 0.1) is 17.1 Å². The summed E-state index contributed by atoms with van der Waals surface area (Å²) in [6.45, 7) is 1.97. The van der Waals surface area contributed by atoms with Crippen molar-refractivity contribution >= 4 is 16.7 Å². The van der Waals surface area contributed by atoms with Crippen molar-refractivity contribution in [2.75, 3.05) is 5.73 Å². The van der Waals surface area contributed by atoms with E-state index in [1.165, 1.54) is 0 Å². The van der Waals surface area contributed by atoms with Crippen LogP contribution in [0.5, 0.6) is 0 Å². The number of hydrogen-bond donors (Lipinski definition) is 2. The Balaban J connectivity index is 1.98. The fourth-order valence-electron chi connectivity index (χ4n) is 2.70. The standard InChI is InChI=1S/C18H15N5/c1-11-3-2-4-16(22-11)17-8-15(12-7-13(19)10-20-9-12)14-5-6-21-18(14)23-17/h2-10H,19H2,1H3,(H,21,23). The van der Waals surface area contributed by atoms with Gasteiger partial charge in [0.25, 0.3) is 0 Å². The van der Waals surface area contributed by atoms with Gasteiger partial charge in [0.2, 0.25) is 0 Å². The predicted octanol–water partition coefficient (Wildman–Crippen LogP) is 3.58. The molecule has 5 heteroatoms. The number of rotatable bonds is 2. The minimum absolute atomic E-state index is 0.637. The Morgan fingerprint density at radius 3 is 2.74 bits per heavy atom. The number of aryl methyl sites for hydroxylation is 1. The highest BCUT2D eigenvalue weighted by atomic mass is 14.9. The van der Waals surface area contributed by atoms with E-state index < -0.39 is 0 Å². The van der Waals surface area contributed by atoms with E-state index in [-0.39, 0.29) is 0 Å². The largest absolute Gasteiger partial charge is 0.397 e. The average Bonchev–Trinajstić information content (AvgIpc) is 3.02. The average molecular weight is 301 g/mol. The van der Waals surface area contributed by atoms with Crippen LogP contribution in [-0.4, -0.2) is 19.9 Å². The Labute approximate surface area is 133 Å². The van der Waals surface area contributed by atoms with Crippen molar-refractivity contribution in [3.63, 3.8) is 0 Å². The van der Waals surface area contributed by atoms with Gasteiger partial charge in [-0.15, -0.1) is 0 Å². The summed E-state index contributed by atoms with van der Waals surface area (Å²) in [6.07, 6.45) is 5.34. The van der Waals surface area contributed by atoms with Crippen LogP contribution in [0.2, 0.25) is 0 Å². The number of nitrogens with one attached hydrogen (secondary N) is 1. The summed E-state index contributed by atoms with van der Waals surface area (Å²) in [5.41, 5.74) is 12.0. The van der Waals surface area contributed by atoms with Gasteiger partial charge in [-0.05, 0) is 42.8 Å². The summed E-state index contributed by atoms with van der Waals surface area (Å²) in [4.78, 5) is 16.6. The van der Waals surface area contributed by atoms with E-state index in [4.69, 9.17) is 5.73 Å². The van der Waals surface area contributed by atoms with E-state index in [9.17, 15) is 0 Å². The number of fused-ring (bicyclic) bond motifs is 1. The monoisotopic (exact) mass is 301 g/mol. The molecule has 0 saturated heterocycles. The fourth-order valence-corrected chi connectivity index (χ4v) is 2.70. The summed E-state index contributed by atoms with van der Waals surface area (Å²) in [6, 6.07) is 11.9. The number of anilines is 1.